The Hall–Kier alpha value is -4.05. The summed E-state index contributed by atoms with van der Waals surface area (Å²) in [7, 11) is 0.796. The van der Waals surface area contributed by atoms with E-state index in [9.17, 15) is 13.2 Å². The molecule has 0 aliphatic heterocycles. The Morgan fingerprint density at radius 3 is 2.40 bits per heavy atom. The molecule has 0 atom stereocenters. The van der Waals surface area contributed by atoms with E-state index in [2.05, 4.69) is 10.0 Å². The van der Waals surface area contributed by atoms with E-state index in [0.29, 0.717) is 34.9 Å². The highest BCUT2D eigenvalue weighted by molar-refractivity contribution is 7.92. The van der Waals surface area contributed by atoms with Crippen molar-refractivity contribution in [2.24, 2.45) is 7.05 Å². The molecule has 2 N–H and O–H groups in total. The van der Waals surface area contributed by atoms with Crippen LogP contribution in [-0.4, -0.2) is 44.6 Å². The lowest BCUT2D eigenvalue weighted by Crippen LogP contribution is -2.22. The number of anilines is 1. The highest BCUT2D eigenvalue weighted by Gasteiger charge is 2.21. The van der Waals surface area contributed by atoms with Gasteiger partial charge < -0.3 is 19.4 Å². The third-order valence-corrected chi connectivity index (χ3v) is 6.94. The van der Waals surface area contributed by atoms with Crippen LogP contribution in [-0.2, 0) is 17.1 Å². The number of benzene rings is 3. The summed E-state index contributed by atoms with van der Waals surface area (Å²) >= 11 is 0. The number of hydrogen-bond acceptors (Lipinski definition) is 6. The summed E-state index contributed by atoms with van der Waals surface area (Å²) < 4.78 is 41.1. The van der Waals surface area contributed by atoms with E-state index in [1.54, 1.807) is 42.5 Å². The lowest BCUT2D eigenvalue weighted by atomic mass is 10.1. The predicted octanol–water partition coefficient (Wildman–Crippen LogP) is 3.81. The molecule has 182 valence electrons. The van der Waals surface area contributed by atoms with Gasteiger partial charge in [0.2, 0.25) is 0 Å². The molecule has 0 aliphatic carbocycles. The normalized spacial score (nSPS) is 11.3. The van der Waals surface area contributed by atoms with Crippen molar-refractivity contribution in [3.05, 3.63) is 66.2 Å². The molecular formula is C25H26N4O5S. The third kappa shape index (κ3) is 4.78. The number of imidazole rings is 1. The lowest BCUT2D eigenvalue weighted by molar-refractivity contribution is 0.0956. The van der Waals surface area contributed by atoms with Crippen LogP contribution in [0, 0.1) is 0 Å². The Labute approximate surface area is 203 Å². The number of carbonyl (C=O) groups is 1. The maximum atomic E-state index is 13.1. The minimum Gasteiger partial charge on any atom is -0.497 e. The molecule has 1 amide bonds. The Bertz CT molecular complexity index is 1490. The summed E-state index contributed by atoms with van der Waals surface area (Å²) in [6.45, 7) is 2.43. The summed E-state index contributed by atoms with van der Waals surface area (Å²) in [6.07, 6.45) is 0. The molecule has 0 fully saturated rings. The zero-order valence-corrected chi connectivity index (χ0v) is 20.6. The van der Waals surface area contributed by atoms with E-state index < -0.39 is 10.0 Å². The number of methoxy groups -OCH3 is 2. The Morgan fingerprint density at radius 2 is 1.74 bits per heavy atom. The number of rotatable bonds is 8. The number of ether oxygens (including phenoxy) is 2. The second kappa shape index (κ2) is 9.67. The van der Waals surface area contributed by atoms with E-state index in [0.717, 1.165) is 11.1 Å². The first-order valence-electron chi connectivity index (χ1n) is 10.9. The molecule has 0 spiro atoms. The van der Waals surface area contributed by atoms with Crippen molar-refractivity contribution in [1.82, 2.24) is 14.9 Å². The molecule has 0 bridgehead atoms. The van der Waals surface area contributed by atoms with Crippen molar-refractivity contribution in [3.8, 4) is 22.9 Å². The summed E-state index contributed by atoms with van der Waals surface area (Å²) in [5.74, 6) is 1.16. The lowest BCUT2D eigenvalue weighted by Gasteiger charge is -2.13. The van der Waals surface area contributed by atoms with Crippen molar-refractivity contribution < 1.29 is 22.7 Å². The molecule has 1 heterocycles. The zero-order valence-electron chi connectivity index (χ0n) is 19.8. The van der Waals surface area contributed by atoms with Gasteiger partial charge in [0.05, 0.1) is 30.9 Å². The number of amides is 1. The van der Waals surface area contributed by atoms with E-state index in [4.69, 9.17) is 14.5 Å². The van der Waals surface area contributed by atoms with Gasteiger partial charge in [-0.15, -0.1) is 0 Å². The molecule has 1 aromatic heterocycles. The molecule has 0 unspecified atom stereocenters. The monoisotopic (exact) mass is 494 g/mol. The Morgan fingerprint density at radius 1 is 1.00 bits per heavy atom. The van der Waals surface area contributed by atoms with Crippen molar-refractivity contribution >= 4 is 32.7 Å². The number of fused-ring (bicyclic) bond motifs is 1. The first kappa shape index (κ1) is 24.1. The fraction of sp³-hybridized carbons (Fsp3) is 0.200. The second-order valence-corrected chi connectivity index (χ2v) is 9.41. The van der Waals surface area contributed by atoms with Gasteiger partial charge in [-0.1, -0.05) is 12.1 Å². The van der Waals surface area contributed by atoms with E-state index in [-0.39, 0.29) is 16.6 Å². The van der Waals surface area contributed by atoms with Crippen molar-refractivity contribution in [2.45, 2.75) is 11.8 Å². The van der Waals surface area contributed by atoms with Gasteiger partial charge in [0.1, 0.15) is 22.2 Å². The highest BCUT2D eigenvalue weighted by Crippen LogP contribution is 2.31. The smallest absolute Gasteiger partial charge is 0.265 e. The molecule has 4 rings (SSSR count). The minimum atomic E-state index is -3.96. The summed E-state index contributed by atoms with van der Waals surface area (Å²) in [6, 6.07) is 16.9. The topological polar surface area (TPSA) is 112 Å². The van der Waals surface area contributed by atoms with Gasteiger partial charge >= 0.3 is 0 Å². The number of nitrogens with one attached hydrogen (secondary N) is 2. The molecule has 0 aliphatic rings. The molecular weight excluding hydrogens is 468 g/mol. The summed E-state index contributed by atoms with van der Waals surface area (Å²) in [4.78, 5) is 16.7. The highest BCUT2D eigenvalue weighted by atomic mass is 32.2. The molecule has 0 radical (unpaired) electrons. The van der Waals surface area contributed by atoms with Crippen LogP contribution in [0.5, 0.6) is 11.5 Å². The zero-order chi connectivity index (χ0) is 25.2. The van der Waals surface area contributed by atoms with Gasteiger partial charge in [0.15, 0.2) is 0 Å². The van der Waals surface area contributed by atoms with Gasteiger partial charge in [-0.05, 0) is 49.4 Å². The maximum Gasteiger partial charge on any atom is 0.265 e. The second-order valence-electron chi connectivity index (χ2n) is 7.76. The quantitative estimate of drug-likeness (QED) is 0.385. The SMILES string of the molecule is CCNC(=O)c1ccc(-c2nc3cc(NS(=O)(=O)c4cc(OC)ccc4OC)ccc3n2C)cc1. The largest absolute Gasteiger partial charge is 0.497 e. The first-order valence-corrected chi connectivity index (χ1v) is 12.4. The molecule has 10 heteroatoms. The number of carbonyl (C=O) groups excluding carboxylic acids is 1. The van der Waals surface area contributed by atoms with Crippen LogP contribution in [0.2, 0.25) is 0 Å². The fourth-order valence-electron chi connectivity index (χ4n) is 3.76. The average Bonchev–Trinajstić information content (AvgIpc) is 3.19. The first-order chi connectivity index (χ1) is 16.8. The molecule has 4 aromatic rings. The summed E-state index contributed by atoms with van der Waals surface area (Å²) in [5.41, 5.74) is 3.21. The van der Waals surface area contributed by atoms with Gasteiger partial charge in [-0.25, -0.2) is 13.4 Å². The summed E-state index contributed by atoms with van der Waals surface area (Å²) in [5, 5.41) is 2.77. The fourth-order valence-corrected chi connectivity index (χ4v) is 4.99. The Balaban J connectivity index is 1.66. The van der Waals surface area contributed by atoms with Crippen molar-refractivity contribution in [3.63, 3.8) is 0 Å². The number of sulfonamides is 1. The van der Waals surface area contributed by atoms with E-state index in [1.807, 2.05) is 30.7 Å². The van der Waals surface area contributed by atoms with Crippen LogP contribution in [0.1, 0.15) is 17.3 Å². The molecule has 9 nitrogen and oxygen atoms in total. The molecule has 0 saturated heterocycles. The number of aryl methyl sites for hydroxylation is 1. The molecule has 0 saturated carbocycles. The van der Waals surface area contributed by atoms with Crippen LogP contribution in [0.15, 0.2) is 65.6 Å². The van der Waals surface area contributed by atoms with Crippen molar-refractivity contribution in [1.29, 1.82) is 0 Å². The van der Waals surface area contributed by atoms with E-state index >= 15 is 0 Å². The van der Waals surface area contributed by atoms with Crippen LogP contribution in [0.4, 0.5) is 5.69 Å². The Kier molecular flexibility index (Phi) is 6.65. The molecule has 35 heavy (non-hydrogen) atoms. The van der Waals surface area contributed by atoms with Crippen LogP contribution in [0.3, 0.4) is 0 Å². The van der Waals surface area contributed by atoms with Gasteiger partial charge in [-0.2, -0.15) is 0 Å². The predicted molar refractivity (Wildman–Crippen MR) is 135 cm³/mol. The third-order valence-electron chi connectivity index (χ3n) is 5.54. The van der Waals surface area contributed by atoms with E-state index in [1.165, 1.54) is 20.3 Å². The van der Waals surface area contributed by atoms with Crippen LogP contribution < -0.4 is 19.5 Å². The molecule has 3 aromatic carbocycles. The van der Waals surface area contributed by atoms with Gasteiger partial charge in [-0.3, -0.25) is 9.52 Å². The van der Waals surface area contributed by atoms with Crippen LogP contribution in [0.25, 0.3) is 22.4 Å². The number of hydrogen-bond donors (Lipinski definition) is 2. The van der Waals surface area contributed by atoms with Crippen LogP contribution >= 0.6 is 0 Å². The maximum absolute atomic E-state index is 13.1. The van der Waals surface area contributed by atoms with Crippen molar-refractivity contribution in [2.75, 3.05) is 25.5 Å². The van der Waals surface area contributed by atoms with Gasteiger partial charge in [0, 0.05) is 30.8 Å². The van der Waals surface area contributed by atoms with Gasteiger partial charge in [0.25, 0.3) is 15.9 Å². The minimum absolute atomic E-state index is 0.0339. The average molecular weight is 495 g/mol. The number of nitrogens with zero attached hydrogens (tertiary/aromatic N) is 2. The standard InChI is InChI=1S/C25H26N4O5S/c1-5-26-25(30)17-8-6-16(7-9-17)24-27-20-14-18(10-12-21(20)29(24)2)28-35(31,32)23-15-19(33-3)11-13-22(23)34-4/h6-15,28H,5H2,1-4H3,(H,26,30). The number of aromatic nitrogens is 2.